The smallest absolute Gasteiger partial charge is 0.295 e. The third-order valence-electron chi connectivity index (χ3n) is 4.18. The lowest BCUT2D eigenvalue weighted by molar-refractivity contribution is -0.140. The fourth-order valence-electron chi connectivity index (χ4n) is 2.97. The molecule has 0 spiro atoms. The van der Waals surface area contributed by atoms with Gasteiger partial charge in [-0.05, 0) is 42.0 Å². The Hall–Kier alpha value is -2.15. The zero-order valence-corrected chi connectivity index (χ0v) is 15.9. The number of nitrogens with zero attached hydrogens (tertiary/aromatic N) is 1. The molecule has 0 saturated carbocycles. The van der Waals surface area contributed by atoms with E-state index in [9.17, 15) is 19.8 Å². The summed E-state index contributed by atoms with van der Waals surface area (Å²) in [6, 6.07) is 12.7. The monoisotopic (exact) mass is 435 g/mol. The van der Waals surface area contributed by atoms with Gasteiger partial charge in [0, 0.05) is 21.6 Å². The maximum Gasteiger partial charge on any atom is 0.295 e. The molecule has 0 radical (unpaired) electrons. The van der Waals surface area contributed by atoms with Crippen molar-refractivity contribution < 1.29 is 19.8 Å². The lowest BCUT2D eigenvalue weighted by atomic mass is 9.95. The maximum absolute atomic E-state index is 12.6. The van der Waals surface area contributed by atoms with Gasteiger partial charge in [-0.15, -0.1) is 0 Å². The second-order valence-corrected chi connectivity index (χ2v) is 7.13. The van der Waals surface area contributed by atoms with E-state index in [0.29, 0.717) is 16.1 Å². The number of rotatable bonds is 4. The summed E-state index contributed by atoms with van der Waals surface area (Å²) in [5.41, 5.74) is 1.04. The number of benzene rings is 2. The molecule has 1 heterocycles. The molecule has 0 aromatic heterocycles. The average molecular weight is 437 g/mol. The van der Waals surface area contributed by atoms with E-state index in [0.717, 1.165) is 4.47 Å². The van der Waals surface area contributed by atoms with E-state index in [1.54, 1.807) is 48.5 Å². The van der Waals surface area contributed by atoms with Crippen LogP contribution in [0.4, 0.5) is 0 Å². The Labute approximate surface area is 163 Å². The van der Waals surface area contributed by atoms with Crippen LogP contribution in [0.15, 0.2) is 58.6 Å². The van der Waals surface area contributed by atoms with E-state index in [4.69, 9.17) is 11.6 Å². The van der Waals surface area contributed by atoms with Gasteiger partial charge >= 0.3 is 0 Å². The molecule has 0 unspecified atom stereocenters. The quantitative estimate of drug-likeness (QED) is 0.437. The van der Waals surface area contributed by atoms with E-state index >= 15 is 0 Å². The molecular formula is C19H15BrClNO4. The first-order valence-corrected chi connectivity index (χ1v) is 9.02. The molecular weight excluding hydrogens is 422 g/mol. The van der Waals surface area contributed by atoms with Crippen LogP contribution in [0.1, 0.15) is 17.2 Å². The number of ketones is 1. The molecule has 2 aromatic rings. The minimum absolute atomic E-state index is 0.00639. The Morgan fingerprint density at radius 2 is 1.69 bits per heavy atom. The van der Waals surface area contributed by atoms with Gasteiger partial charge in [-0.1, -0.05) is 39.7 Å². The minimum Gasteiger partial charge on any atom is -0.507 e. The first-order chi connectivity index (χ1) is 12.4. The molecule has 26 heavy (non-hydrogen) atoms. The van der Waals surface area contributed by atoms with Crippen molar-refractivity contribution >= 4 is 45.0 Å². The summed E-state index contributed by atoms with van der Waals surface area (Å²) in [6.07, 6.45) is 0. The number of Topliss-reactive ketones (excluding diaryl/α,β-unsaturated/α-hetero) is 1. The number of amides is 1. The van der Waals surface area contributed by atoms with E-state index in [2.05, 4.69) is 15.9 Å². The van der Waals surface area contributed by atoms with Gasteiger partial charge in [0.1, 0.15) is 5.76 Å². The van der Waals surface area contributed by atoms with Gasteiger partial charge in [-0.3, -0.25) is 9.59 Å². The Kier molecular flexibility index (Phi) is 5.46. The fourth-order valence-corrected chi connectivity index (χ4v) is 3.36. The van der Waals surface area contributed by atoms with Crippen LogP contribution in [0.25, 0.3) is 5.76 Å². The average Bonchev–Trinajstić information content (AvgIpc) is 2.88. The van der Waals surface area contributed by atoms with Crippen LogP contribution in [0.2, 0.25) is 5.02 Å². The fraction of sp³-hybridized carbons (Fsp3) is 0.158. The van der Waals surface area contributed by atoms with Crippen LogP contribution in [-0.4, -0.2) is 40.0 Å². The van der Waals surface area contributed by atoms with E-state index in [1.807, 2.05) is 0 Å². The summed E-state index contributed by atoms with van der Waals surface area (Å²) >= 11 is 9.22. The third-order valence-corrected chi connectivity index (χ3v) is 4.96. The van der Waals surface area contributed by atoms with Gasteiger partial charge in [0.15, 0.2) is 0 Å². The summed E-state index contributed by atoms with van der Waals surface area (Å²) in [4.78, 5) is 26.3. The molecule has 2 N–H and O–H groups in total. The van der Waals surface area contributed by atoms with Gasteiger partial charge < -0.3 is 15.1 Å². The van der Waals surface area contributed by atoms with Crippen molar-refractivity contribution in [2.45, 2.75) is 6.04 Å². The maximum atomic E-state index is 12.6. The number of carbonyl (C=O) groups is 2. The lowest BCUT2D eigenvalue weighted by Crippen LogP contribution is -2.32. The number of carbonyl (C=O) groups excluding carboxylic acids is 2. The molecule has 0 bridgehead atoms. The van der Waals surface area contributed by atoms with Gasteiger partial charge in [0.05, 0.1) is 18.2 Å². The third kappa shape index (κ3) is 3.40. The zero-order valence-electron chi connectivity index (χ0n) is 13.5. The molecule has 5 nitrogen and oxygen atoms in total. The number of hydrogen-bond donors (Lipinski definition) is 2. The molecule has 7 heteroatoms. The van der Waals surface area contributed by atoms with Crippen molar-refractivity contribution in [2.24, 2.45) is 0 Å². The largest absolute Gasteiger partial charge is 0.507 e. The highest BCUT2D eigenvalue weighted by Crippen LogP contribution is 2.39. The highest BCUT2D eigenvalue weighted by atomic mass is 79.9. The molecule has 1 aliphatic rings. The Morgan fingerprint density at radius 1 is 1.08 bits per heavy atom. The van der Waals surface area contributed by atoms with Crippen LogP contribution in [0.3, 0.4) is 0 Å². The van der Waals surface area contributed by atoms with Crippen molar-refractivity contribution in [3.63, 3.8) is 0 Å². The predicted molar refractivity (Wildman–Crippen MR) is 102 cm³/mol. The topological polar surface area (TPSA) is 77.8 Å². The molecule has 1 amide bonds. The predicted octanol–water partition coefficient (Wildman–Crippen LogP) is 3.52. The number of likely N-dealkylation sites (tertiary alicyclic amines) is 1. The van der Waals surface area contributed by atoms with E-state index in [-0.39, 0.29) is 24.5 Å². The number of β-amino-alcohol motifs (C(OH)–C–C–N with tert-alkyl or cyclic N) is 1. The molecule has 1 saturated heterocycles. The summed E-state index contributed by atoms with van der Waals surface area (Å²) in [6.45, 7) is -0.302. The Balaban J connectivity index is 2.17. The first kappa shape index (κ1) is 18.6. The number of hydrogen-bond acceptors (Lipinski definition) is 4. The second kappa shape index (κ2) is 7.61. The molecule has 0 aliphatic carbocycles. The number of aliphatic hydroxyl groups excluding tert-OH is 2. The van der Waals surface area contributed by atoms with Crippen molar-refractivity contribution in [1.29, 1.82) is 0 Å². The molecule has 1 fully saturated rings. The van der Waals surface area contributed by atoms with Gasteiger partial charge in [0.2, 0.25) is 0 Å². The summed E-state index contributed by atoms with van der Waals surface area (Å²) < 4.78 is 0.845. The van der Waals surface area contributed by atoms with Crippen LogP contribution in [0.5, 0.6) is 0 Å². The first-order valence-electron chi connectivity index (χ1n) is 7.84. The van der Waals surface area contributed by atoms with Gasteiger partial charge in [-0.25, -0.2) is 0 Å². The van der Waals surface area contributed by atoms with Crippen LogP contribution in [-0.2, 0) is 9.59 Å². The lowest BCUT2D eigenvalue weighted by Gasteiger charge is -2.24. The summed E-state index contributed by atoms with van der Waals surface area (Å²) in [5.74, 6) is -1.80. The van der Waals surface area contributed by atoms with E-state index < -0.39 is 17.7 Å². The van der Waals surface area contributed by atoms with Gasteiger partial charge in [0.25, 0.3) is 11.7 Å². The standard InChI is InChI=1S/C19H15BrClNO4/c20-13-5-1-11(2-6-13)16-15(18(25)19(26)22(16)9-10-23)17(24)12-3-7-14(21)8-4-12/h1-8,16,23-24H,9-10H2/b17-15+/t16-/m0/s1. The van der Waals surface area contributed by atoms with Gasteiger partial charge in [-0.2, -0.15) is 0 Å². The zero-order chi connectivity index (χ0) is 18.8. The van der Waals surface area contributed by atoms with Crippen LogP contribution >= 0.6 is 27.5 Å². The second-order valence-electron chi connectivity index (χ2n) is 5.77. The SMILES string of the molecule is O=C1C(=O)N(CCO)[C@@H](c2ccc(Br)cc2)/C1=C(\O)c1ccc(Cl)cc1. The Bertz CT molecular complexity index is 877. The number of halogens is 2. The van der Waals surface area contributed by atoms with Crippen LogP contribution in [0, 0.1) is 0 Å². The van der Waals surface area contributed by atoms with Crippen molar-refractivity contribution in [3.05, 3.63) is 74.7 Å². The highest BCUT2D eigenvalue weighted by molar-refractivity contribution is 9.10. The minimum atomic E-state index is -0.779. The molecule has 3 rings (SSSR count). The normalized spacial score (nSPS) is 19.2. The number of aliphatic hydroxyl groups is 2. The van der Waals surface area contributed by atoms with E-state index in [1.165, 1.54) is 4.90 Å². The van der Waals surface area contributed by atoms with Crippen molar-refractivity contribution in [1.82, 2.24) is 4.90 Å². The molecule has 1 atom stereocenters. The molecule has 1 aliphatic heterocycles. The van der Waals surface area contributed by atoms with Crippen molar-refractivity contribution in [3.8, 4) is 0 Å². The molecule has 134 valence electrons. The summed E-state index contributed by atoms with van der Waals surface area (Å²) in [7, 11) is 0. The van der Waals surface area contributed by atoms with Crippen LogP contribution < -0.4 is 0 Å². The van der Waals surface area contributed by atoms with Crippen molar-refractivity contribution in [2.75, 3.05) is 13.2 Å². The highest BCUT2D eigenvalue weighted by Gasteiger charge is 2.45. The summed E-state index contributed by atoms with van der Waals surface area (Å²) in [5, 5.41) is 20.5. The Morgan fingerprint density at radius 3 is 2.27 bits per heavy atom. The molecule has 2 aromatic carbocycles.